The van der Waals surface area contributed by atoms with E-state index in [1.807, 2.05) is 4.90 Å². The number of pyridine rings is 1. The number of carbonyl (C=O) groups excluding carboxylic acids is 1. The minimum absolute atomic E-state index is 0.0256. The first-order valence-corrected chi connectivity index (χ1v) is 15.5. The van der Waals surface area contributed by atoms with E-state index in [9.17, 15) is 22.4 Å². The Hall–Kier alpha value is -3.29. The summed E-state index contributed by atoms with van der Waals surface area (Å²) in [6, 6.07) is 11.2. The first kappa shape index (κ1) is 26.0. The van der Waals surface area contributed by atoms with Crippen LogP contribution in [0.15, 0.2) is 58.4 Å². The standard InChI is InChI=1S/C26H24FN5O4S3/c27-17-4-6-18(7-5-17)29-10-12-30(13-11-29)23-20(24(33)31-9-2-1-3-22(31)28-23)15-21-25(34)32(26(37)38-21)19-8-14-39(35,36)16-19/h1-7,9,15,19H,8,10-14,16H2/b21-15+. The highest BCUT2D eigenvalue weighted by molar-refractivity contribution is 8.26. The van der Waals surface area contributed by atoms with Gasteiger partial charge in [-0.25, -0.2) is 17.8 Å². The number of piperazine rings is 1. The van der Waals surface area contributed by atoms with E-state index in [4.69, 9.17) is 17.2 Å². The third-order valence-corrected chi connectivity index (χ3v) is 10.3. The average Bonchev–Trinajstić information content (AvgIpc) is 3.42. The van der Waals surface area contributed by atoms with Gasteiger partial charge < -0.3 is 9.80 Å². The largest absolute Gasteiger partial charge is 0.368 e. The van der Waals surface area contributed by atoms with E-state index in [0.29, 0.717) is 44.1 Å². The molecule has 1 atom stereocenters. The van der Waals surface area contributed by atoms with Crippen molar-refractivity contribution in [3.05, 3.63) is 75.3 Å². The first-order valence-electron chi connectivity index (χ1n) is 12.4. The van der Waals surface area contributed by atoms with Gasteiger partial charge in [0.2, 0.25) is 0 Å². The van der Waals surface area contributed by atoms with E-state index in [0.717, 1.165) is 17.4 Å². The summed E-state index contributed by atoms with van der Waals surface area (Å²) in [6.45, 7) is 2.40. The lowest BCUT2D eigenvalue weighted by molar-refractivity contribution is -0.123. The van der Waals surface area contributed by atoms with Crippen molar-refractivity contribution in [1.29, 1.82) is 0 Å². The lowest BCUT2D eigenvalue weighted by Crippen LogP contribution is -2.47. The second-order valence-electron chi connectivity index (χ2n) is 9.64. The molecular formula is C26H24FN5O4S3. The van der Waals surface area contributed by atoms with Crippen LogP contribution in [0.5, 0.6) is 0 Å². The van der Waals surface area contributed by atoms with Gasteiger partial charge in [0, 0.05) is 38.1 Å². The van der Waals surface area contributed by atoms with Gasteiger partial charge in [0.05, 0.1) is 28.0 Å². The zero-order chi connectivity index (χ0) is 27.3. The molecule has 3 fully saturated rings. The number of nitrogens with zero attached hydrogens (tertiary/aromatic N) is 5. The van der Waals surface area contributed by atoms with Crippen LogP contribution in [-0.2, 0) is 14.6 Å². The molecule has 0 saturated carbocycles. The van der Waals surface area contributed by atoms with Gasteiger partial charge in [-0.15, -0.1) is 0 Å². The predicted octanol–water partition coefficient (Wildman–Crippen LogP) is 2.55. The van der Waals surface area contributed by atoms with Crippen molar-refractivity contribution in [2.45, 2.75) is 12.5 Å². The van der Waals surface area contributed by atoms with Gasteiger partial charge in [0.15, 0.2) is 9.84 Å². The van der Waals surface area contributed by atoms with Crippen LogP contribution >= 0.6 is 24.0 Å². The van der Waals surface area contributed by atoms with Gasteiger partial charge in [-0.1, -0.05) is 30.0 Å². The zero-order valence-corrected chi connectivity index (χ0v) is 23.1. The van der Waals surface area contributed by atoms with Crippen molar-refractivity contribution in [3.8, 4) is 0 Å². The molecule has 0 spiro atoms. The topological polar surface area (TPSA) is 95.3 Å². The number of rotatable bonds is 4. The van der Waals surface area contributed by atoms with Crippen molar-refractivity contribution in [1.82, 2.24) is 14.3 Å². The van der Waals surface area contributed by atoms with Crippen molar-refractivity contribution < 1.29 is 17.6 Å². The van der Waals surface area contributed by atoms with E-state index in [1.165, 1.54) is 21.4 Å². The number of aromatic nitrogens is 2. The van der Waals surface area contributed by atoms with E-state index < -0.39 is 21.8 Å². The van der Waals surface area contributed by atoms with Gasteiger partial charge >= 0.3 is 0 Å². The molecule has 202 valence electrons. The second-order valence-corrected chi connectivity index (χ2v) is 13.5. The Morgan fingerprint density at radius 3 is 2.44 bits per heavy atom. The van der Waals surface area contributed by atoms with Crippen LogP contribution in [0, 0.1) is 5.82 Å². The smallest absolute Gasteiger partial charge is 0.267 e. The highest BCUT2D eigenvalue weighted by atomic mass is 32.2. The zero-order valence-electron chi connectivity index (χ0n) is 20.7. The molecule has 39 heavy (non-hydrogen) atoms. The number of halogens is 1. The van der Waals surface area contributed by atoms with E-state index in [-0.39, 0.29) is 37.7 Å². The summed E-state index contributed by atoms with van der Waals surface area (Å²) in [4.78, 5) is 37.7. The van der Waals surface area contributed by atoms with Gasteiger partial charge in [-0.3, -0.25) is 18.9 Å². The molecule has 2 aromatic heterocycles. The number of hydrogen-bond donors (Lipinski definition) is 0. The highest BCUT2D eigenvalue weighted by Gasteiger charge is 2.42. The molecule has 0 radical (unpaired) electrons. The molecule has 0 aliphatic carbocycles. The minimum atomic E-state index is -3.21. The molecule has 3 saturated heterocycles. The third kappa shape index (κ3) is 4.94. The molecule has 0 N–H and O–H groups in total. The van der Waals surface area contributed by atoms with Crippen LogP contribution in [0.25, 0.3) is 11.7 Å². The second kappa shape index (κ2) is 10.0. The van der Waals surface area contributed by atoms with Crippen LogP contribution in [0.4, 0.5) is 15.9 Å². The average molecular weight is 586 g/mol. The number of thioether (sulfide) groups is 1. The van der Waals surface area contributed by atoms with Gasteiger partial charge in [-0.2, -0.15) is 0 Å². The summed E-state index contributed by atoms with van der Waals surface area (Å²) in [5, 5.41) is 0. The monoisotopic (exact) mass is 585 g/mol. The van der Waals surface area contributed by atoms with Crippen molar-refractivity contribution >= 4 is 67.3 Å². The molecule has 3 aliphatic rings. The Bertz CT molecular complexity index is 1680. The lowest BCUT2D eigenvalue weighted by Gasteiger charge is -2.37. The molecule has 1 amide bonds. The molecule has 3 aliphatic heterocycles. The van der Waals surface area contributed by atoms with E-state index >= 15 is 0 Å². The maximum Gasteiger partial charge on any atom is 0.267 e. The Morgan fingerprint density at radius 2 is 1.74 bits per heavy atom. The van der Waals surface area contributed by atoms with Crippen LogP contribution < -0.4 is 15.4 Å². The fourth-order valence-electron chi connectivity index (χ4n) is 5.19. The Morgan fingerprint density at radius 1 is 1.03 bits per heavy atom. The SMILES string of the molecule is O=C1/C(=C\c2c(N3CCN(c4ccc(F)cc4)CC3)nc3ccccn3c2=O)SC(=S)N1C1CCS(=O)(=O)C1. The summed E-state index contributed by atoms with van der Waals surface area (Å²) in [5.41, 5.74) is 1.36. The highest BCUT2D eigenvalue weighted by Crippen LogP contribution is 2.37. The van der Waals surface area contributed by atoms with E-state index in [2.05, 4.69) is 4.90 Å². The van der Waals surface area contributed by atoms with Gasteiger partial charge in [0.25, 0.3) is 11.5 Å². The molecule has 1 unspecified atom stereocenters. The lowest BCUT2D eigenvalue weighted by atomic mass is 10.2. The third-order valence-electron chi connectivity index (χ3n) is 7.19. The maximum atomic E-state index is 13.7. The summed E-state index contributed by atoms with van der Waals surface area (Å²) < 4.78 is 39.1. The fraction of sp³-hybridized carbons (Fsp3) is 0.308. The summed E-state index contributed by atoms with van der Waals surface area (Å²) in [6.07, 6.45) is 3.51. The number of fused-ring (bicyclic) bond motifs is 1. The van der Waals surface area contributed by atoms with Crippen molar-refractivity contribution in [2.75, 3.05) is 47.5 Å². The Kier molecular flexibility index (Phi) is 6.68. The first-order chi connectivity index (χ1) is 18.7. The summed E-state index contributed by atoms with van der Waals surface area (Å²) in [7, 11) is -3.21. The number of amides is 1. The van der Waals surface area contributed by atoms with Crippen LogP contribution in [0.2, 0.25) is 0 Å². The number of hydrogen-bond acceptors (Lipinski definition) is 9. The van der Waals surface area contributed by atoms with Crippen LogP contribution in [0.1, 0.15) is 12.0 Å². The molecule has 3 aromatic rings. The Balaban J connectivity index is 1.34. The minimum Gasteiger partial charge on any atom is -0.368 e. The van der Waals surface area contributed by atoms with Gasteiger partial charge in [0.1, 0.15) is 21.6 Å². The summed E-state index contributed by atoms with van der Waals surface area (Å²) in [5.74, 6) is -0.299. The number of anilines is 2. The van der Waals surface area contributed by atoms with Crippen LogP contribution in [0.3, 0.4) is 0 Å². The molecule has 5 heterocycles. The maximum absolute atomic E-state index is 13.7. The molecule has 9 nitrogen and oxygen atoms in total. The van der Waals surface area contributed by atoms with E-state index in [1.54, 1.807) is 42.6 Å². The quantitative estimate of drug-likeness (QED) is 0.338. The van der Waals surface area contributed by atoms with Crippen molar-refractivity contribution in [3.63, 3.8) is 0 Å². The summed E-state index contributed by atoms with van der Waals surface area (Å²) >= 11 is 6.52. The molecule has 6 rings (SSSR count). The number of thiocarbonyl (C=S) groups is 1. The Labute approximate surface area is 233 Å². The molecular weight excluding hydrogens is 562 g/mol. The van der Waals surface area contributed by atoms with Crippen LogP contribution in [-0.4, -0.2) is 76.7 Å². The molecule has 13 heteroatoms. The predicted molar refractivity (Wildman–Crippen MR) is 154 cm³/mol. The molecule has 1 aromatic carbocycles. The fourth-order valence-corrected chi connectivity index (χ4v) is 8.27. The number of benzene rings is 1. The number of carbonyl (C=O) groups is 1. The normalized spacial score (nSPS) is 22.4. The van der Waals surface area contributed by atoms with Gasteiger partial charge in [-0.05, 0) is 48.9 Å². The number of sulfone groups is 1. The van der Waals surface area contributed by atoms with Crippen molar-refractivity contribution in [2.24, 2.45) is 0 Å². The molecule has 0 bridgehead atoms.